The van der Waals surface area contributed by atoms with Crippen molar-refractivity contribution in [1.82, 2.24) is 0 Å². The van der Waals surface area contributed by atoms with Gasteiger partial charge in [-0.25, -0.2) is 0 Å². The van der Waals surface area contributed by atoms with Crippen LogP contribution in [0.25, 0.3) is 0 Å². The average Bonchev–Trinajstić information content (AvgIpc) is 3.00. The van der Waals surface area contributed by atoms with Crippen molar-refractivity contribution in [3.8, 4) is 0 Å². The predicted molar refractivity (Wildman–Crippen MR) is 170 cm³/mol. The predicted octanol–water partition coefficient (Wildman–Crippen LogP) is 10.9. The Bertz CT molecular complexity index is 1190. The van der Waals surface area contributed by atoms with E-state index in [0.29, 0.717) is 17.8 Å². The SMILES string of the molecule is CCCCCCCCCc1ccc(S(OC(=O)C23CC4CC(CC(C4)C2)C3)(c2ccccc2)c2ccccc2)cc1. The summed E-state index contributed by atoms with van der Waals surface area (Å²) < 4.78 is 7.11. The molecule has 3 heteroatoms. The Morgan fingerprint density at radius 1 is 0.659 bits per heavy atom. The quantitative estimate of drug-likeness (QED) is 0.192. The van der Waals surface area contributed by atoms with E-state index in [1.54, 1.807) is 0 Å². The van der Waals surface area contributed by atoms with Crippen LogP contribution in [0.5, 0.6) is 0 Å². The lowest BCUT2D eigenvalue weighted by molar-refractivity contribution is -0.160. The number of carbonyl (C=O) groups is 1. The van der Waals surface area contributed by atoms with Crippen LogP contribution in [0.15, 0.2) is 99.6 Å². The van der Waals surface area contributed by atoms with Crippen molar-refractivity contribution in [2.24, 2.45) is 23.2 Å². The van der Waals surface area contributed by atoms with Gasteiger partial charge in [-0.2, -0.15) is 0 Å². The number of unbranched alkanes of at least 4 members (excludes halogenated alkanes) is 6. The van der Waals surface area contributed by atoms with Gasteiger partial charge in [0.2, 0.25) is 0 Å². The molecule has 4 aliphatic rings. The fourth-order valence-corrected chi connectivity index (χ4v) is 11.6. The highest BCUT2D eigenvalue weighted by Gasteiger charge is 2.57. The molecular weight excluding hydrogens is 520 g/mol. The molecule has 0 unspecified atom stereocenters. The molecule has 4 aliphatic carbocycles. The summed E-state index contributed by atoms with van der Waals surface area (Å²) in [7, 11) is -2.23. The first kappa shape index (κ1) is 28.6. The molecule has 0 amide bonds. The largest absolute Gasteiger partial charge is 0.402 e. The maximum absolute atomic E-state index is 14.6. The van der Waals surface area contributed by atoms with Crippen molar-refractivity contribution in [3.63, 3.8) is 0 Å². The molecule has 7 rings (SSSR count). The summed E-state index contributed by atoms with van der Waals surface area (Å²) in [4.78, 5) is 17.9. The molecule has 0 heterocycles. The van der Waals surface area contributed by atoms with Crippen LogP contribution < -0.4 is 0 Å². The van der Waals surface area contributed by atoms with Gasteiger partial charge < -0.3 is 4.18 Å². The Morgan fingerprint density at radius 2 is 1.12 bits per heavy atom. The standard InChI is InChI=1S/C38H48O2S/c1-2-3-4-5-6-7-10-15-30-20-22-36(23-21-30)41(34-16-11-8-12-17-34,35-18-13-9-14-19-35)40-37(39)38-27-31-24-32(28-38)26-33(25-31)29-38/h8-9,11-14,16-23,31-33H,2-7,10,15,24-29H2,1H3. The summed E-state index contributed by atoms with van der Waals surface area (Å²) in [5, 5.41) is 0. The lowest BCUT2D eigenvalue weighted by Gasteiger charge is -2.56. The summed E-state index contributed by atoms with van der Waals surface area (Å²) in [5.74, 6) is 2.18. The van der Waals surface area contributed by atoms with Crippen molar-refractivity contribution in [1.29, 1.82) is 0 Å². The molecule has 0 radical (unpaired) electrons. The summed E-state index contributed by atoms with van der Waals surface area (Å²) in [6.07, 6.45) is 17.4. The molecule has 41 heavy (non-hydrogen) atoms. The van der Waals surface area contributed by atoms with Gasteiger partial charge >= 0.3 is 5.97 Å². The van der Waals surface area contributed by atoms with E-state index < -0.39 is 10.3 Å². The minimum absolute atomic E-state index is 0.0615. The molecule has 3 aromatic rings. The first-order valence-electron chi connectivity index (χ1n) is 16.4. The summed E-state index contributed by atoms with van der Waals surface area (Å²) >= 11 is 0. The highest BCUT2D eigenvalue weighted by molar-refractivity contribution is 8.30. The Morgan fingerprint density at radius 3 is 1.63 bits per heavy atom. The van der Waals surface area contributed by atoms with Crippen LogP contribution in [0.3, 0.4) is 0 Å². The normalized spacial score (nSPS) is 25.2. The van der Waals surface area contributed by atoms with E-state index >= 15 is 0 Å². The monoisotopic (exact) mass is 568 g/mol. The number of rotatable bonds is 13. The van der Waals surface area contributed by atoms with Crippen molar-refractivity contribution in [3.05, 3.63) is 90.5 Å². The minimum atomic E-state index is -2.23. The lowest BCUT2D eigenvalue weighted by atomic mass is 9.49. The van der Waals surface area contributed by atoms with Crippen LogP contribution in [-0.2, 0) is 15.4 Å². The van der Waals surface area contributed by atoms with E-state index in [-0.39, 0.29) is 11.4 Å². The van der Waals surface area contributed by atoms with Crippen LogP contribution in [0.4, 0.5) is 0 Å². The molecule has 0 aromatic heterocycles. The summed E-state index contributed by atoms with van der Waals surface area (Å²) in [6, 6.07) is 30.3. The Hall–Kier alpha value is -2.52. The molecule has 0 saturated heterocycles. The Labute approximate surface area is 249 Å². The van der Waals surface area contributed by atoms with Gasteiger partial charge in [0.1, 0.15) is 0 Å². The molecule has 4 bridgehead atoms. The molecule has 0 atom stereocenters. The average molecular weight is 569 g/mol. The number of hydrogen-bond acceptors (Lipinski definition) is 2. The van der Waals surface area contributed by atoms with Gasteiger partial charge in [-0.05, 0) is 121 Å². The lowest BCUT2D eigenvalue weighted by Crippen LogP contribution is -2.50. The molecule has 2 nitrogen and oxygen atoms in total. The molecule has 0 spiro atoms. The Kier molecular flexibility index (Phi) is 8.91. The first-order chi connectivity index (χ1) is 20.1. The molecule has 0 aliphatic heterocycles. The second-order valence-corrected chi connectivity index (χ2v) is 16.0. The zero-order valence-corrected chi connectivity index (χ0v) is 25.8. The zero-order valence-electron chi connectivity index (χ0n) is 24.9. The third kappa shape index (κ3) is 6.03. The van der Waals surface area contributed by atoms with Crippen molar-refractivity contribution >= 4 is 16.3 Å². The van der Waals surface area contributed by atoms with Crippen LogP contribution in [0.1, 0.15) is 96.0 Å². The highest BCUT2D eigenvalue weighted by atomic mass is 32.3. The highest BCUT2D eigenvalue weighted by Crippen LogP contribution is 2.71. The smallest absolute Gasteiger partial charge is 0.323 e. The zero-order chi connectivity index (χ0) is 28.1. The van der Waals surface area contributed by atoms with E-state index in [9.17, 15) is 4.79 Å². The number of aryl methyl sites for hydroxylation is 1. The van der Waals surface area contributed by atoms with Gasteiger partial charge in [0.25, 0.3) is 0 Å². The maximum Gasteiger partial charge on any atom is 0.323 e. The fourth-order valence-electron chi connectivity index (χ4n) is 8.47. The van der Waals surface area contributed by atoms with E-state index in [2.05, 4.69) is 91.9 Å². The van der Waals surface area contributed by atoms with E-state index in [1.165, 1.54) is 69.8 Å². The molecule has 4 saturated carbocycles. The third-order valence-electron chi connectivity index (χ3n) is 10.1. The molecule has 218 valence electrons. The molecule has 0 N–H and O–H groups in total. The summed E-state index contributed by atoms with van der Waals surface area (Å²) in [5.41, 5.74) is 1.08. The van der Waals surface area contributed by atoms with Crippen molar-refractivity contribution in [2.45, 2.75) is 112 Å². The number of carbonyl (C=O) groups excluding carboxylic acids is 1. The molecule has 4 fully saturated rings. The van der Waals surface area contributed by atoms with Crippen LogP contribution in [0.2, 0.25) is 0 Å². The van der Waals surface area contributed by atoms with Gasteiger partial charge in [-0.3, -0.25) is 4.79 Å². The van der Waals surface area contributed by atoms with E-state index in [4.69, 9.17) is 4.18 Å². The van der Waals surface area contributed by atoms with Gasteiger partial charge in [-0.15, -0.1) is 0 Å². The third-order valence-corrected chi connectivity index (χ3v) is 13.4. The van der Waals surface area contributed by atoms with Crippen LogP contribution in [0, 0.1) is 23.2 Å². The van der Waals surface area contributed by atoms with E-state index in [0.717, 1.165) is 40.4 Å². The Balaban J connectivity index is 1.30. The number of benzene rings is 3. The van der Waals surface area contributed by atoms with Crippen molar-refractivity contribution < 1.29 is 8.98 Å². The van der Waals surface area contributed by atoms with Gasteiger partial charge in [0, 0.05) is 14.7 Å². The molecular formula is C38H48O2S. The van der Waals surface area contributed by atoms with Gasteiger partial charge in [-0.1, -0.05) is 94.0 Å². The van der Waals surface area contributed by atoms with Gasteiger partial charge in [0.15, 0.2) is 0 Å². The van der Waals surface area contributed by atoms with Crippen LogP contribution >= 0.6 is 10.3 Å². The van der Waals surface area contributed by atoms with Crippen LogP contribution in [-0.4, -0.2) is 5.97 Å². The topological polar surface area (TPSA) is 26.3 Å². The second-order valence-electron chi connectivity index (χ2n) is 13.3. The van der Waals surface area contributed by atoms with Gasteiger partial charge in [0.05, 0.1) is 5.41 Å². The summed E-state index contributed by atoms with van der Waals surface area (Å²) in [6.45, 7) is 2.28. The van der Waals surface area contributed by atoms with Crippen molar-refractivity contribution in [2.75, 3.05) is 0 Å². The fraction of sp³-hybridized carbons (Fsp3) is 0.500. The maximum atomic E-state index is 14.6. The first-order valence-corrected chi connectivity index (χ1v) is 17.9. The van der Waals surface area contributed by atoms with E-state index in [1.807, 2.05) is 0 Å². The second kappa shape index (κ2) is 12.8. The molecule has 3 aromatic carbocycles. The number of hydrogen-bond donors (Lipinski definition) is 0. The minimum Gasteiger partial charge on any atom is -0.402 e.